The monoisotopic (exact) mass is 355 g/mol. The molecular formula is C20H21NO5. The first-order valence-corrected chi connectivity index (χ1v) is 8.79. The Kier molecular flexibility index (Phi) is 4.67. The molecule has 0 bridgehead atoms. The van der Waals surface area contributed by atoms with Gasteiger partial charge in [-0.15, -0.1) is 0 Å². The van der Waals surface area contributed by atoms with Gasteiger partial charge in [0.05, 0.1) is 6.04 Å². The van der Waals surface area contributed by atoms with E-state index in [0.29, 0.717) is 30.1 Å². The fraction of sp³-hybridized carbons (Fsp3) is 0.350. The lowest BCUT2D eigenvalue weighted by molar-refractivity contribution is -0.132. The van der Waals surface area contributed by atoms with Gasteiger partial charge in [0.1, 0.15) is 24.6 Å². The Morgan fingerprint density at radius 1 is 1.04 bits per heavy atom. The van der Waals surface area contributed by atoms with Crippen LogP contribution in [0.2, 0.25) is 0 Å². The minimum Gasteiger partial charge on any atom is -0.488 e. The van der Waals surface area contributed by atoms with Gasteiger partial charge in [0.15, 0.2) is 11.5 Å². The summed E-state index contributed by atoms with van der Waals surface area (Å²) in [7, 11) is 0. The van der Waals surface area contributed by atoms with Crippen LogP contribution < -0.4 is 19.5 Å². The van der Waals surface area contributed by atoms with Crippen LogP contribution in [0.5, 0.6) is 17.2 Å². The summed E-state index contributed by atoms with van der Waals surface area (Å²) in [6, 6.07) is 16.3. The van der Waals surface area contributed by atoms with Crippen molar-refractivity contribution in [2.24, 2.45) is 0 Å². The van der Waals surface area contributed by atoms with Crippen molar-refractivity contribution in [2.75, 3.05) is 6.61 Å². The van der Waals surface area contributed by atoms with E-state index >= 15 is 0 Å². The molecule has 1 amide bonds. The van der Waals surface area contributed by atoms with Gasteiger partial charge < -0.3 is 24.6 Å². The van der Waals surface area contributed by atoms with Crippen molar-refractivity contribution < 1.29 is 24.1 Å². The van der Waals surface area contributed by atoms with E-state index in [0.717, 1.165) is 0 Å². The fourth-order valence-corrected chi connectivity index (χ4v) is 3.33. The predicted octanol–water partition coefficient (Wildman–Crippen LogP) is 1.91. The Morgan fingerprint density at radius 3 is 2.58 bits per heavy atom. The Morgan fingerprint density at radius 2 is 1.77 bits per heavy atom. The smallest absolute Gasteiger partial charge is 0.265 e. The lowest BCUT2D eigenvalue weighted by Gasteiger charge is -2.27. The van der Waals surface area contributed by atoms with Crippen LogP contribution in [0.15, 0.2) is 54.6 Å². The zero-order valence-electron chi connectivity index (χ0n) is 14.2. The zero-order chi connectivity index (χ0) is 17.9. The van der Waals surface area contributed by atoms with Crippen molar-refractivity contribution in [3.8, 4) is 17.2 Å². The molecule has 1 aliphatic heterocycles. The van der Waals surface area contributed by atoms with E-state index in [1.807, 2.05) is 42.5 Å². The normalized spacial score (nSPS) is 27.0. The van der Waals surface area contributed by atoms with Crippen molar-refractivity contribution in [1.82, 2.24) is 5.32 Å². The van der Waals surface area contributed by atoms with E-state index in [4.69, 9.17) is 14.2 Å². The molecule has 6 heteroatoms. The highest BCUT2D eigenvalue weighted by Crippen LogP contribution is 2.31. The minimum absolute atomic E-state index is 0.148. The second-order valence-electron chi connectivity index (χ2n) is 6.52. The molecule has 4 atom stereocenters. The number of amides is 1. The Labute approximate surface area is 151 Å². The van der Waals surface area contributed by atoms with Crippen molar-refractivity contribution in [1.29, 1.82) is 0 Å². The van der Waals surface area contributed by atoms with Gasteiger partial charge in [-0.2, -0.15) is 0 Å². The SMILES string of the molecule is O=C(N[C@@H]1CC[C@@H](Oc2ccccc2)[C@@H]1O)[C@@H]1COc2ccccc2O1. The standard InChI is InChI=1S/C20H21NO5/c22-19-14(10-11-17(19)25-13-6-2-1-3-7-13)21-20(23)18-12-24-15-8-4-5-9-16(15)26-18/h1-9,14,17-19,22H,10-12H2,(H,21,23)/t14-,17-,18+,19-/m1/s1. The summed E-state index contributed by atoms with van der Waals surface area (Å²) in [5.74, 6) is 1.61. The molecule has 0 unspecified atom stereocenters. The summed E-state index contributed by atoms with van der Waals surface area (Å²) in [6.45, 7) is 0.148. The topological polar surface area (TPSA) is 77.0 Å². The third-order valence-electron chi connectivity index (χ3n) is 4.71. The number of rotatable bonds is 4. The highest BCUT2D eigenvalue weighted by molar-refractivity contribution is 5.82. The molecule has 0 saturated heterocycles. The average Bonchev–Trinajstić information content (AvgIpc) is 3.02. The number of benzene rings is 2. The molecule has 26 heavy (non-hydrogen) atoms. The van der Waals surface area contributed by atoms with Crippen molar-refractivity contribution >= 4 is 5.91 Å². The minimum atomic E-state index is -0.768. The Hall–Kier alpha value is -2.73. The molecule has 0 spiro atoms. The molecule has 2 aromatic rings. The second kappa shape index (κ2) is 7.25. The molecule has 0 aromatic heterocycles. The Balaban J connectivity index is 1.34. The fourth-order valence-electron chi connectivity index (χ4n) is 3.33. The van der Waals surface area contributed by atoms with Gasteiger partial charge in [0.25, 0.3) is 5.91 Å². The number of aliphatic hydroxyl groups is 1. The van der Waals surface area contributed by atoms with E-state index in [-0.39, 0.29) is 24.7 Å². The molecule has 6 nitrogen and oxygen atoms in total. The summed E-state index contributed by atoms with van der Waals surface area (Å²) in [4.78, 5) is 12.5. The zero-order valence-corrected chi connectivity index (χ0v) is 14.2. The van der Waals surface area contributed by atoms with Crippen LogP contribution in [0.3, 0.4) is 0 Å². The van der Waals surface area contributed by atoms with Crippen molar-refractivity contribution in [3.63, 3.8) is 0 Å². The first kappa shape index (κ1) is 16.7. The van der Waals surface area contributed by atoms with Crippen LogP contribution in [-0.4, -0.2) is 42.0 Å². The average molecular weight is 355 g/mol. The van der Waals surface area contributed by atoms with E-state index in [9.17, 15) is 9.90 Å². The number of aliphatic hydroxyl groups excluding tert-OH is 1. The van der Waals surface area contributed by atoms with Crippen LogP contribution in [-0.2, 0) is 4.79 Å². The number of carbonyl (C=O) groups is 1. The number of carbonyl (C=O) groups excluding carboxylic acids is 1. The maximum absolute atomic E-state index is 12.5. The van der Waals surface area contributed by atoms with Crippen LogP contribution in [0.4, 0.5) is 0 Å². The molecule has 2 aliphatic rings. The molecule has 1 fully saturated rings. The number of para-hydroxylation sites is 3. The van der Waals surface area contributed by atoms with Crippen molar-refractivity contribution in [2.45, 2.75) is 37.2 Å². The summed E-state index contributed by atoms with van der Waals surface area (Å²) < 4.78 is 17.1. The van der Waals surface area contributed by atoms with Gasteiger partial charge >= 0.3 is 0 Å². The van der Waals surface area contributed by atoms with Crippen LogP contribution in [0.1, 0.15) is 12.8 Å². The maximum atomic E-state index is 12.5. The third-order valence-corrected chi connectivity index (χ3v) is 4.71. The van der Waals surface area contributed by atoms with Gasteiger partial charge in [0, 0.05) is 0 Å². The number of hydrogen-bond acceptors (Lipinski definition) is 5. The van der Waals surface area contributed by atoms with Crippen molar-refractivity contribution in [3.05, 3.63) is 54.6 Å². The van der Waals surface area contributed by atoms with E-state index in [2.05, 4.69) is 5.32 Å². The van der Waals surface area contributed by atoms with E-state index < -0.39 is 12.2 Å². The molecule has 0 radical (unpaired) electrons. The van der Waals surface area contributed by atoms with Crippen LogP contribution in [0, 0.1) is 0 Å². The first-order valence-electron chi connectivity index (χ1n) is 8.79. The number of ether oxygens (including phenoxy) is 3. The quantitative estimate of drug-likeness (QED) is 0.876. The lowest BCUT2D eigenvalue weighted by atomic mass is 10.2. The lowest BCUT2D eigenvalue weighted by Crippen LogP contribution is -2.51. The number of hydrogen-bond donors (Lipinski definition) is 2. The number of nitrogens with one attached hydrogen (secondary N) is 1. The highest BCUT2D eigenvalue weighted by atomic mass is 16.6. The van der Waals surface area contributed by atoms with E-state index in [1.54, 1.807) is 12.1 Å². The summed E-state index contributed by atoms with van der Waals surface area (Å²) in [5, 5.41) is 13.4. The molecule has 2 N–H and O–H groups in total. The molecule has 1 aliphatic carbocycles. The summed E-state index contributed by atoms with van der Waals surface area (Å²) in [6.07, 6.45) is -0.519. The summed E-state index contributed by atoms with van der Waals surface area (Å²) >= 11 is 0. The second-order valence-corrected chi connectivity index (χ2v) is 6.52. The molecule has 136 valence electrons. The van der Waals surface area contributed by atoms with Crippen LogP contribution in [0.25, 0.3) is 0 Å². The van der Waals surface area contributed by atoms with Gasteiger partial charge in [-0.05, 0) is 37.1 Å². The van der Waals surface area contributed by atoms with Crippen LogP contribution >= 0.6 is 0 Å². The molecular weight excluding hydrogens is 334 g/mol. The molecule has 1 heterocycles. The largest absolute Gasteiger partial charge is 0.488 e. The molecule has 2 aromatic carbocycles. The Bertz CT molecular complexity index is 766. The van der Waals surface area contributed by atoms with Gasteiger partial charge in [0.2, 0.25) is 6.10 Å². The first-order chi connectivity index (χ1) is 12.7. The van der Waals surface area contributed by atoms with Gasteiger partial charge in [-0.3, -0.25) is 4.79 Å². The molecule has 1 saturated carbocycles. The van der Waals surface area contributed by atoms with E-state index in [1.165, 1.54) is 0 Å². The predicted molar refractivity (Wildman–Crippen MR) is 94.4 cm³/mol. The van der Waals surface area contributed by atoms with Gasteiger partial charge in [-0.25, -0.2) is 0 Å². The summed E-state index contributed by atoms with van der Waals surface area (Å²) in [5.41, 5.74) is 0. The highest BCUT2D eigenvalue weighted by Gasteiger charge is 2.39. The maximum Gasteiger partial charge on any atom is 0.265 e. The van der Waals surface area contributed by atoms with Gasteiger partial charge in [-0.1, -0.05) is 30.3 Å². The third kappa shape index (κ3) is 3.46. The number of fused-ring (bicyclic) bond motifs is 1. The molecule has 4 rings (SSSR count).